The van der Waals surface area contributed by atoms with Crippen LogP contribution in [0.25, 0.3) is 0 Å². The first kappa shape index (κ1) is 16.3. The number of carboxylic acids is 1. The van der Waals surface area contributed by atoms with Crippen LogP contribution in [0.3, 0.4) is 0 Å². The van der Waals surface area contributed by atoms with Crippen LogP contribution in [-0.2, 0) is 12.6 Å². The molecule has 0 saturated carbocycles. The van der Waals surface area contributed by atoms with Crippen molar-refractivity contribution in [2.45, 2.75) is 32.4 Å². The van der Waals surface area contributed by atoms with Crippen LogP contribution < -0.4 is 0 Å². The van der Waals surface area contributed by atoms with E-state index in [9.17, 15) is 31.1 Å². The molecule has 0 fully saturated rings. The molecule has 0 radical (unpaired) electrons. The number of aromatic carboxylic acids is 1. The first-order valence-electron chi connectivity index (χ1n) is 5.62. The van der Waals surface area contributed by atoms with Gasteiger partial charge in [0.2, 0.25) is 0 Å². The Morgan fingerprint density at radius 3 is 2.05 bits per heavy atom. The summed E-state index contributed by atoms with van der Waals surface area (Å²) in [4.78, 5) is 10.9. The Kier molecular flexibility index (Phi) is 4.67. The molecule has 0 atom stereocenters. The van der Waals surface area contributed by atoms with Gasteiger partial charge in [0.25, 0.3) is 0 Å². The summed E-state index contributed by atoms with van der Waals surface area (Å²) in [5.41, 5.74) is -4.59. The Bertz CT molecular complexity index is 536. The molecule has 0 unspecified atom stereocenters. The Morgan fingerprint density at radius 2 is 1.65 bits per heavy atom. The van der Waals surface area contributed by atoms with Crippen molar-refractivity contribution >= 4 is 5.97 Å². The maximum Gasteiger partial charge on any atom is 0.419 e. The summed E-state index contributed by atoms with van der Waals surface area (Å²) in [5, 5.41) is 8.75. The van der Waals surface area contributed by atoms with Crippen LogP contribution >= 0.6 is 0 Å². The summed E-state index contributed by atoms with van der Waals surface area (Å²) in [5.74, 6) is -9.03. The quantitative estimate of drug-likeness (QED) is 0.669. The van der Waals surface area contributed by atoms with Gasteiger partial charge in [-0.1, -0.05) is 13.3 Å². The van der Waals surface area contributed by atoms with Crippen molar-refractivity contribution in [2.75, 3.05) is 0 Å². The number of hydrogen-bond donors (Lipinski definition) is 1. The average Bonchev–Trinajstić information content (AvgIpc) is 2.31. The van der Waals surface area contributed by atoms with Crippen molar-refractivity contribution in [3.63, 3.8) is 0 Å². The summed E-state index contributed by atoms with van der Waals surface area (Å²) in [6.45, 7) is 1.60. The SMILES string of the molecule is CCCCc1c(C(=O)O)c(F)c(F)c(F)c1C(F)(F)F. The standard InChI is InChI=1S/C12H10F6O2/c1-2-3-4-5-6(11(19)20)8(13)10(15)9(14)7(5)12(16,17)18/h2-4H2,1H3,(H,19,20). The van der Waals surface area contributed by atoms with Gasteiger partial charge in [0, 0.05) is 0 Å². The monoisotopic (exact) mass is 300 g/mol. The molecule has 20 heavy (non-hydrogen) atoms. The van der Waals surface area contributed by atoms with E-state index in [1.54, 1.807) is 6.92 Å². The third-order valence-corrected chi connectivity index (χ3v) is 2.71. The third kappa shape index (κ3) is 2.88. The van der Waals surface area contributed by atoms with Gasteiger partial charge in [-0.25, -0.2) is 18.0 Å². The number of carbonyl (C=O) groups is 1. The molecule has 0 bridgehead atoms. The maximum atomic E-state index is 13.4. The van der Waals surface area contributed by atoms with E-state index in [1.807, 2.05) is 0 Å². The highest BCUT2D eigenvalue weighted by Gasteiger charge is 2.42. The van der Waals surface area contributed by atoms with Gasteiger partial charge in [-0.15, -0.1) is 0 Å². The number of alkyl halides is 3. The van der Waals surface area contributed by atoms with E-state index in [4.69, 9.17) is 5.11 Å². The molecule has 1 N–H and O–H groups in total. The van der Waals surface area contributed by atoms with Crippen LogP contribution in [0.2, 0.25) is 0 Å². The number of rotatable bonds is 4. The lowest BCUT2D eigenvalue weighted by Gasteiger charge is -2.17. The predicted octanol–water partition coefficient (Wildman–Crippen LogP) is 4.16. The zero-order valence-corrected chi connectivity index (χ0v) is 10.2. The lowest BCUT2D eigenvalue weighted by molar-refractivity contribution is -0.141. The van der Waals surface area contributed by atoms with Gasteiger partial charge in [-0.2, -0.15) is 13.2 Å². The molecule has 1 aromatic rings. The minimum Gasteiger partial charge on any atom is -0.478 e. The van der Waals surface area contributed by atoms with Gasteiger partial charge in [-0.05, 0) is 18.4 Å². The molecule has 1 rings (SSSR count). The van der Waals surface area contributed by atoms with Crippen LogP contribution in [0, 0.1) is 17.5 Å². The van der Waals surface area contributed by atoms with Crippen molar-refractivity contribution in [3.8, 4) is 0 Å². The fourth-order valence-electron chi connectivity index (χ4n) is 1.83. The molecule has 112 valence electrons. The lowest BCUT2D eigenvalue weighted by Crippen LogP contribution is -2.20. The minimum absolute atomic E-state index is 0.0773. The first-order chi connectivity index (χ1) is 9.12. The van der Waals surface area contributed by atoms with Crippen molar-refractivity contribution in [1.29, 1.82) is 0 Å². The molecule has 2 nitrogen and oxygen atoms in total. The van der Waals surface area contributed by atoms with E-state index in [0.717, 1.165) is 0 Å². The smallest absolute Gasteiger partial charge is 0.419 e. The number of hydrogen-bond acceptors (Lipinski definition) is 1. The number of halogens is 6. The lowest BCUT2D eigenvalue weighted by atomic mass is 9.94. The van der Waals surface area contributed by atoms with Crippen LogP contribution in [0.15, 0.2) is 0 Å². The molecule has 0 spiro atoms. The van der Waals surface area contributed by atoms with E-state index in [0.29, 0.717) is 6.42 Å². The normalized spacial score (nSPS) is 11.8. The van der Waals surface area contributed by atoms with E-state index >= 15 is 0 Å². The second kappa shape index (κ2) is 5.72. The number of carboxylic acid groups (broad SMARTS) is 1. The molecule has 0 aliphatic heterocycles. The van der Waals surface area contributed by atoms with Crippen molar-refractivity contribution in [2.24, 2.45) is 0 Å². The van der Waals surface area contributed by atoms with Crippen LogP contribution in [-0.4, -0.2) is 11.1 Å². The van der Waals surface area contributed by atoms with Crippen molar-refractivity contribution in [3.05, 3.63) is 34.1 Å². The molecular weight excluding hydrogens is 290 g/mol. The Balaban J connectivity index is 3.75. The average molecular weight is 300 g/mol. The highest BCUT2D eigenvalue weighted by Crippen LogP contribution is 2.38. The molecule has 1 aromatic carbocycles. The highest BCUT2D eigenvalue weighted by molar-refractivity contribution is 5.90. The van der Waals surface area contributed by atoms with E-state index < -0.39 is 52.7 Å². The van der Waals surface area contributed by atoms with Gasteiger partial charge in [-0.3, -0.25) is 0 Å². The second-order valence-electron chi connectivity index (χ2n) is 4.08. The van der Waals surface area contributed by atoms with Gasteiger partial charge in [0.05, 0.1) is 5.56 Å². The molecule has 0 amide bonds. The van der Waals surface area contributed by atoms with E-state index in [1.165, 1.54) is 0 Å². The summed E-state index contributed by atoms with van der Waals surface area (Å²) in [6.07, 6.45) is -5.38. The zero-order chi connectivity index (χ0) is 15.7. The van der Waals surface area contributed by atoms with E-state index in [-0.39, 0.29) is 6.42 Å². The molecule has 0 aliphatic rings. The number of unbranched alkanes of at least 4 members (excludes halogenated alkanes) is 1. The van der Waals surface area contributed by atoms with Crippen LogP contribution in [0.5, 0.6) is 0 Å². The minimum atomic E-state index is -5.31. The Labute approximate surface area is 110 Å². The summed E-state index contributed by atoms with van der Waals surface area (Å²) < 4.78 is 78.2. The second-order valence-corrected chi connectivity index (χ2v) is 4.08. The van der Waals surface area contributed by atoms with Crippen LogP contribution in [0.1, 0.15) is 41.3 Å². The molecule has 0 aromatic heterocycles. The van der Waals surface area contributed by atoms with Gasteiger partial charge >= 0.3 is 12.1 Å². The van der Waals surface area contributed by atoms with Gasteiger partial charge in [0.1, 0.15) is 5.56 Å². The fourth-order valence-corrected chi connectivity index (χ4v) is 1.83. The number of benzene rings is 1. The molecular formula is C12H10F6O2. The molecule has 0 aliphatic carbocycles. The molecule has 0 heterocycles. The summed E-state index contributed by atoms with van der Waals surface area (Å²) in [7, 11) is 0. The molecule has 8 heteroatoms. The predicted molar refractivity (Wildman–Crippen MR) is 56.9 cm³/mol. The largest absolute Gasteiger partial charge is 0.478 e. The van der Waals surface area contributed by atoms with Crippen molar-refractivity contribution < 1.29 is 36.2 Å². The zero-order valence-electron chi connectivity index (χ0n) is 10.2. The van der Waals surface area contributed by atoms with E-state index in [2.05, 4.69) is 0 Å². The Hall–Kier alpha value is -1.73. The highest BCUT2D eigenvalue weighted by atomic mass is 19.4. The first-order valence-corrected chi connectivity index (χ1v) is 5.62. The summed E-state index contributed by atoms with van der Waals surface area (Å²) in [6, 6.07) is 0. The maximum absolute atomic E-state index is 13.4. The van der Waals surface area contributed by atoms with Gasteiger partial charge in [0.15, 0.2) is 17.5 Å². The topological polar surface area (TPSA) is 37.3 Å². The summed E-state index contributed by atoms with van der Waals surface area (Å²) >= 11 is 0. The third-order valence-electron chi connectivity index (χ3n) is 2.71. The molecule has 0 saturated heterocycles. The van der Waals surface area contributed by atoms with Crippen molar-refractivity contribution in [1.82, 2.24) is 0 Å². The fraction of sp³-hybridized carbons (Fsp3) is 0.417. The Morgan fingerprint density at radius 1 is 1.10 bits per heavy atom. The van der Waals surface area contributed by atoms with Crippen LogP contribution in [0.4, 0.5) is 26.3 Å². The van der Waals surface area contributed by atoms with Gasteiger partial charge < -0.3 is 5.11 Å².